The third kappa shape index (κ3) is 2.11. The van der Waals surface area contributed by atoms with E-state index in [0.29, 0.717) is 13.0 Å². The van der Waals surface area contributed by atoms with Gasteiger partial charge in [-0.1, -0.05) is 13.8 Å². The largest absolute Gasteiger partial charge is 0.480 e. The maximum absolute atomic E-state index is 12.4. The molecule has 5 nitrogen and oxygen atoms in total. The van der Waals surface area contributed by atoms with Gasteiger partial charge in [-0.25, -0.2) is 4.79 Å². The molecule has 4 atom stereocenters. The molecule has 5 heteroatoms. The highest BCUT2D eigenvalue weighted by Crippen LogP contribution is 2.55. The second-order valence-electron chi connectivity index (χ2n) is 5.70. The lowest BCUT2D eigenvalue weighted by Gasteiger charge is -2.22. The van der Waals surface area contributed by atoms with E-state index in [-0.39, 0.29) is 23.3 Å². The quantitative estimate of drug-likeness (QED) is 0.817. The molecule has 1 amide bonds. The molecule has 0 aromatic carbocycles. The molecule has 2 rings (SSSR count). The van der Waals surface area contributed by atoms with Crippen molar-refractivity contribution in [2.45, 2.75) is 45.3 Å². The molecule has 0 aromatic heterocycles. The first-order valence-corrected chi connectivity index (χ1v) is 6.49. The summed E-state index contributed by atoms with van der Waals surface area (Å²) in [5.74, 6) is -0.937. The zero-order chi connectivity index (χ0) is 13.5. The number of hydrogen-bond acceptors (Lipinski definition) is 3. The van der Waals surface area contributed by atoms with Crippen molar-refractivity contribution < 1.29 is 19.4 Å². The second kappa shape index (κ2) is 4.53. The summed E-state index contributed by atoms with van der Waals surface area (Å²) in [5.41, 5.74) is 0.0747. The van der Waals surface area contributed by atoms with Gasteiger partial charge in [0.15, 0.2) is 0 Å². The maximum Gasteiger partial charge on any atom is 0.326 e. The fraction of sp³-hybridized carbons (Fsp3) is 0.846. The molecule has 1 N–H and O–H groups in total. The predicted molar refractivity (Wildman–Crippen MR) is 65.1 cm³/mol. The Morgan fingerprint density at radius 2 is 2.17 bits per heavy atom. The fourth-order valence-electron chi connectivity index (χ4n) is 2.83. The summed E-state index contributed by atoms with van der Waals surface area (Å²) in [5, 5.41) is 9.19. The number of rotatable bonds is 4. The van der Waals surface area contributed by atoms with Crippen molar-refractivity contribution in [1.29, 1.82) is 0 Å². The fourth-order valence-corrected chi connectivity index (χ4v) is 2.83. The standard InChI is InChI=1S/C13H21NO4/c1-4-13(2)6-9(13)11(15)14-7-8(18-3)5-10(14)12(16)17/h8-10H,4-7H2,1-3H3,(H,16,17). The summed E-state index contributed by atoms with van der Waals surface area (Å²) in [4.78, 5) is 25.1. The van der Waals surface area contributed by atoms with Crippen LogP contribution < -0.4 is 0 Å². The lowest BCUT2D eigenvalue weighted by Crippen LogP contribution is -2.42. The van der Waals surface area contributed by atoms with Crippen LogP contribution in [0.1, 0.15) is 33.1 Å². The van der Waals surface area contributed by atoms with Gasteiger partial charge in [-0.3, -0.25) is 4.79 Å². The number of hydrogen-bond donors (Lipinski definition) is 1. The number of likely N-dealkylation sites (tertiary alicyclic amines) is 1. The molecular formula is C13H21NO4. The van der Waals surface area contributed by atoms with Crippen molar-refractivity contribution in [3.63, 3.8) is 0 Å². The number of aliphatic carboxylic acids is 1. The second-order valence-corrected chi connectivity index (χ2v) is 5.70. The SMILES string of the molecule is CCC1(C)CC1C(=O)N1CC(OC)CC1C(=O)O. The molecule has 2 fully saturated rings. The third-order valence-electron chi connectivity index (χ3n) is 4.62. The van der Waals surface area contributed by atoms with Crippen LogP contribution in [-0.4, -0.2) is 47.7 Å². The van der Waals surface area contributed by atoms with Crippen molar-refractivity contribution in [3.8, 4) is 0 Å². The Morgan fingerprint density at radius 1 is 1.50 bits per heavy atom. The minimum Gasteiger partial charge on any atom is -0.480 e. The van der Waals surface area contributed by atoms with E-state index >= 15 is 0 Å². The minimum atomic E-state index is -0.929. The molecule has 1 heterocycles. The zero-order valence-electron chi connectivity index (χ0n) is 11.2. The third-order valence-corrected chi connectivity index (χ3v) is 4.62. The van der Waals surface area contributed by atoms with Gasteiger partial charge in [0, 0.05) is 26.0 Å². The highest BCUT2D eigenvalue weighted by molar-refractivity contribution is 5.88. The van der Waals surface area contributed by atoms with E-state index in [1.807, 2.05) is 0 Å². The van der Waals surface area contributed by atoms with Crippen LogP contribution in [0.4, 0.5) is 0 Å². The number of amides is 1. The van der Waals surface area contributed by atoms with Crippen molar-refractivity contribution >= 4 is 11.9 Å². The Kier molecular flexibility index (Phi) is 3.36. The Hall–Kier alpha value is -1.10. The van der Waals surface area contributed by atoms with Crippen molar-refractivity contribution in [2.24, 2.45) is 11.3 Å². The first kappa shape index (κ1) is 13.3. The van der Waals surface area contributed by atoms with E-state index in [4.69, 9.17) is 4.74 Å². The molecule has 1 saturated heterocycles. The van der Waals surface area contributed by atoms with E-state index in [9.17, 15) is 14.7 Å². The van der Waals surface area contributed by atoms with E-state index in [2.05, 4.69) is 13.8 Å². The lowest BCUT2D eigenvalue weighted by molar-refractivity contribution is -0.149. The molecular weight excluding hydrogens is 234 g/mol. The number of carboxylic acid groups (broad SMARTS) is 1. The van der Waals surface area contributed by atoms with E-state index in [0.717, 1.165) is 12.8 Å². The summed E-state index contributed by atoms with van der Waals surface area (Å²) in [6.07, 6.45) is 2.08. The van der Waals surface area contributed by atoms with Crippen LogP contribution in [0.2, 0.25) is 0 Å². The van der Waals surface area contributed by atoms with Crippen LogP contribution in [0.25, 0.3) is 0 Å². The van der Waals surface area contributed by atoms with Gasteiger partial charge in [0.25, 0.3) is 0 Å². The van der Waals surface area contributed by atoms with Crippen LogP contribution in [0.15, 0.2) is 0 Å². The molecule has 1 aliphatic carbocycles. The highest BCUT2D eigenvalue weighted by Gasteiger charge is 2.56. The van der Waals surface area contributed by atoms with Gasteiger partial charge in [-0.15, -0.1) is 0 Å². The summed E-state index contributed by atoms with van der Waals surface area (Å²) < 4.78 is 5.19. The van der Waals surface area contributed by atoms with Gasteiger partial charge in [-0.2, -0.15) is 0 Å². The van der Waals surface area contributed by atoms with Crippen molar-refractivity contribution in [2.75, 3.05) is 13.7 Å². The average Bonchev–Trinajstić information content (AvgIpc) is 2.86. The summed E-state index contributed by atoms with van der Waals surface area (Å²) in [7, 11) is 1.56. The van der Waals surface area contributed by atoms with Gasteiger partial charge < -0.3 is 14.7 Å². The monoisotopic (exact) mass is 255 g/mol. The smallest absolute Gasteiger partial charge is 0.326 e. The van der Waals surface area contributed by atoms with E-state index in [1.165, 1.54) is 4.90 Å². The normalized spacial score (nSPS) is 38.8. The van der Waals surface area contributed by atoms with Gasteiger partial charge in [0.2, 0.25) is 5.91 Å². The zero-order valence-corrected chi connectivity index (χ0v) is 11.2. The van der Waals surface area contributed by atoms with Gasteiger partial charge in [0.05, 0.1) is 6.10 Å². The van der Waals surface area contributed by atoms with Crippen LogP contribution in [0, 0.1) is 11.3 Å². The number of nitrogens with zero attached hydrogens (tertiary/aromatic N) is 1. The first-order valence-electron chi connectivity index (χ1n) is 6.49. The van der Waals surface area contributed by atoms with E-state index in [1.54, 1.807) is 7.11 Å². The van der Waals surface area contributed by atoms with Crippen molar-refractivity contribution in [3.05, 3.63) is 0 Å². The molecule has 1 aliphatic heterocycles. The first-order chi connectivity index (χ1) is 8.42. The van der Waals surface area contributed by atoms with E-state index < -0.39 is 12.0 Å². The molecule has 18 heavy (non-hydrogen) atoms. The van der Waals surface area contributed by atoms with Crippen LogP contribution in [0.5, 0.6) is 0 Å². The topological polar surface area (TPSA) is 66.8 Å². The number of carboxylic acids is 1. The summed E-state index contributed by atoms with van der Waals surface area (Å²) in [6, 6.07) is -0.718. The molecule has 0 aromatic rings. The highest BCUT2D eigenvalue weighted by atomic mass is 16.5. The van der Waals surface area contributed by atoms with Crippen molar-refractivity contribution in [1.82, 2.24) is 4.90 Å². The van der Waals surface area contributed by atoms with Crippen LogP contribution in [-0.2, 0) is 14.3 Å². The average molecular weight is 255 g/mol. The van der Waals surface area contributed by atoms with Gasteiger partial charge in [0.1, 0.15) is 6.04 Å². The molecule has 0 spiro atoms. The Labute approximate surface area is 107 Å². The maximum atomic E-state index is 12.4. The molecule has 0 radical (unpaired) electrons. The van der Waals surface area contributed by atoms with Crippen LogP contribution >= 0.6 is 0 Å². The van der Waals surface area contributed by atoms with Gasteiger partial charge >= 0.3 is 5.97 Å². The molecule has 1 saturated carbocycles. The van der Waals surface area contributed by atoms with Gasteiger partial charge in [-0.05, 0) is 18.3 Å². The Bertz CT molecular complexity index is 370. The van der Waals surface area contributed by atoms with Crippen LogP contribution in [0.3, 0.4) is 0 Å². The number of methoxy groups -OCH3 is 1. The summed E-state index contributed by atoms with van der Waals surface area (Å²) >= 11 is 0. The Balaban J connectivity index is 2.07. The predicted octanol–water partition coefficient (Wildman–Crippen LogP) is 1.12. The summed E-state index contributed by atoms with van der Waals surface area (Å²) in [6.45, 7) is 4.57. The molecule has 0 bridgehead atoms. The minimum absolute atomic E-state index is 0.0000406. The molecule has 4 unspecified atom stereocenters. The number of carbonyl (C=O) groups is 2. The molecule has 102 valence electrons. The molecule has 2 aliphatic rings. The Morgan fingerprint density at radius 3 is 2.61 bits per heavy atom. The lowest BCUT2D eigenvalue weighted by atomic mass is 10.0. The number of ether oxygens (including phenoxy) is 1. The number of carbonyl (C=O) groups excluding carboxylic acids is 1.